The molecule has 0 aliphatic rings. The van der Waals surface area contributed by atoms with Crippen LogP contribution in [0.4, 0.5) is 5.69 Å². The molecular formula is C10H12N2O5S. The molecule has 18 heavy (non-hydrogen) atoms. The lowest BCUT2D eigenvalue weighted by Crippen LogP contribution is -2.23. The summed E-state index contributed by atoms with van der Waals surface area (Å²) in [4.78, 5) is 21.2. The van der Waals surface area contributed by atoms with E-state index in [0.717, 1.165) is 0 Å². The first-order valence-electron chi connectivity index (χ1n) is 4.88. The Morgan fingerprint density at radius 3 is 2.44 bits per heavy atom. The monoisotopic (exact) mass is 272 g/mol. The van der Waals surface area contributed by atoms with Crippen molar-refractivity contribution in [3.63, 3.8) is 0 Å². The lowest BCUT2D eigenvalue weighted by Gasteiger charge is -2.10. The smallest absolute Gasteiger partial charge is 0.320 e. The first-order chi connectivity index (χ1) is 8.30. The van der Waals surface area contributed by atoms with E-state index in [-0.39, 0.29) is 12.1 Å². The minimum absolute atomic E-state index is 0.133. The fraction of sp³-hybridized carbons (Fsp3) is 0.200. The van der Waals surface area contributed by atoms with Crippen molar-refractivity contribution in [2.24, 2.45) is 5.73 Å². The molecule has 7 nitrogen and oxygen atoms in total. The van der Waals surface area contributed by atoms with E-state index in [1.807, 2.05) is 0 Å². The van der Waals surface area contributed by atoms with Crippen molar-refractivity contribution in [1.29, 1.82) is 0 Å². The number of benzene rings is 1. The van der Waals surface area contributed by atoms with Crippen molar-refractivity contribution in [2.75, 3.05) is 10.5 Å². The van der Waals surface area contributed by atoms with Gasteiger partial charge in [0, 0.05) is 0 Å². The van der Waals surface area contributed by atoms with E-state index < -0.39 is 27.7 Å². The van der Waals surface area contributed by atoms with Crippen molar-refractivity contribution in [3.05, 3.63) is 29.8 Å². The van der Waals surface area contributed by atoms with Crippen LogP contribution in [0, 0.1) is 0 Å². The predicted molar refractivity (Wildman–Crippen MR) is 64.4 cm³/mol. The number of nitrogens with one attached hydrogen (secondary N) is 1. The van der Waals surface area contributed by atoms with Crippen LogP contribution in [0.25, 0.3) is 0 Å². The summed E-state index contributed by atoms with van der Waals surface area (Å²) in [5.41, 5.74) is 5.57. The van der Waals surface area contributed by atoms with Gasteiger partial charge in [-0.05, 0) is 11.6 Å². The van der Waals surface area contributed by atoms with E-state index in [1.54, 1.807) is 12.1 Å². The SMILES string of the molecule is NC(=O)Cc1ccccc1NS(=O)(=O)CC(=O)O. The van der Waals surface area contributed by atoms with Gasteiger partial charge < -0.3 is 10.8 Å². The summed E-state index contributed by atoms with van der Waals surface area (Å²) < 4.78 is 25.0. The first-order valence-corrected chi connectivity index (χ1v) is 6.54. The van der Waals surface area contributed by atoms with Gasteiger partial charge in [0.05, 0.1) is 12.1 Å². The molecule has 1 rings (SSSR count). The maximum atomic E-state index is 11.4. The van der Waals surface area contributed by atoms with Gasteiger partial charge >= 0.3 is 5.97 Å². The number of carbonyl (C=O) groups is 2. The normalized spacial score (nSPS) is 10.9. The van der Waals surface area contributed by atoms with Gasteiger partial charge in [-0.15, -0.1) is 0 Å². The summed E-state index contributed by atoms with van der Waals surface area (Å²) in [6, 6.07) is 6.14. The van der Waals surface area contributed by atoms with Crippen LogP contribution in [0.3, 0.4) is 0 Å². The van der Waals surface area contributed by atoms with Crippen LogP contribution in [0.1, 0.15) is 5.56 Å². The average Bonchev–Trinajstić information content (AvgIpc) is 2.17. The highest BCUT2D eigenvalue weighted by Crippen LogP contribution is 2.17. The van der Waals surface area contributed by atoms with Crippen molar-refractivity contribution >= 4 is 27.6 Å². The number of primary amides is 1. The third-order valence-corrected chi connectivity index (χ3v) is 3.12. The number of carboxylic acids is 1. The van der Waals surface area contributed by atoms with E-state index in [9.17, 15) is 18.0 Å². The Morgan fingerprint density at radius 1 is 1.28 bits per heavy atom. The van der Waals surface area contributed by atoms with Crippen LogP contribution in [-0.2, 0) is 26.0 Å². The third kappa shape index (κ3) is 4.42. The Hall–Kier alpha value is -2.09. The summed E-state index contributed by atoms with van der Waals surface area (Å²) in [6.45, 7) is 0. The quantitative estimate of drug-likeness (QED) is 0.646. The molecule has 0 aliphatic carbocycles. The van der Waals surface area contributed by atoms with Crippen molar-refractivity contribution < 1.29 is 23.1 Å². The predicted octanol–water partition coefficient (Wildman–Crippen LogP) is -0.459. The number of para-hydroxylation sites is 1. The van der Waals surface area contributed by atoms with Gasteiger partial charge in [0.15, 0.2) is 5.75 Å². The van der Waals surface area contributed by atoms with E-state index in [0.29, 0.717) is 5.56 Å². The van der Waals surface area contributed by atoms with Crippen LogP contribution in [-0.4, -0.2) is 31.2 Å². The molecule has 0 saturated carbocycles. The highest BCUT2D eigenvalue weighted by atomic mass is 32.2. The second kappa shape index (κ2) is 5.50. The molecule has 98 valence electrons. The zero-order valence-corrected chi connectivity index (χ0v) is 10.1. The number of nitrogens with two attached hydrogens (primary N) is 1. The van der Waals surface area contributed by atoms with Crippen LogP contribution in [0.15, 0.2) is 24.3 Å². The Kier molecular flexibility index (Phi) is 4.27. The number of sulfonamides is 1. The Balaban J connectivity index is 2.97. The number of hydrogen-bond donors (Lipinski definition) is 3. The molecule has 0 aromatic heterocycles. The molecule has 0 unspecified atom stereocenters. The summed E-state index contributed by atoms with van der Waals surface area (Å²) in [7, 11) is -3.99. The molecular weight excluding hydrogens is 260 g/mol. The lowest BCUT2D eigenvalue weighted by molar-refractivity contribution is -0.134. The molecule has 0 bridgehead atoms. The van der Waals surface area contributed by atoms with Crippen LogP contribution in [0.5, 0.6) is 0 Å². The number of amides is 1. The standard InChI is InChI=1S/C10H12N2O5S/c11-9(13)5-7-3-1-2-4-8(7)12-18(16,17)6-10(14)15/h1-4,12H,5-6H2,(H2,11,13)(H,14,15). The fourth-order valence-corrected chi connectivity index (χ4v) is 2.26. The van der Waals surface area contributed by atoms with Crippen molar-refractivity contribution in [3.8, 4) is 0 Å². The molecule has 1 aromatic carbocycles. The molecule has 0 heterocycles. The summed E-state index contributed by atoms with van der Waals surface area (Å²) in [5.74, 6) is -3.12. The van der Waals surface area contributed by atoms with Crippen molar-refractivity contribution in [2.45, 2.75) is 6.42 Å². The first kappa shape index (κ1) is 14.0. The molecule has 0 radical (unpaired) electrons. The maximum absolute atomic E-state index is 11.4. The van der Waals surface area contributed by atoms with E-state index in [1.165, 1.54) is 12.1 Å². The van der Waals surface area contributed by atoms with Gasteiger partial charge in [-0.25, -0.2) is 8.42 Å². The van der Waals surface area contributed by atoms with Crippen molar-refractivity contribution in [1.82, 2.24) is 0 Å². The second-order valence-electron chi connectivity index (χ2n) is 3.56. The van der Waals surface area contributed by atoms with Gasteiger partial charge in [-0.1, -0.05) is 18.2 Å². The number of aliphatic carboxylic acids is 1. The largest absolute Gasteiger partial charge is 0.480 e. The van der Waals surface area contributed by atoms with Crippen LogP contribution < -0.4 is 10.5 Å². The fourth-order valence-electron chi connectivity index (χ4n) is 1.33. The van der Waals surface area contributed by atoms with Crippen LogP contribution >= 0.6 is 0 Å². The van der Waals surface area contributed by atoms with E-state index >= 15 is 0 Å². The molecule has 4 N–H and O–H groups in total. The minimum atomic E-state index is -3.99. The lowest BCUT2D eigenvalue weighted by atomic mass is 10.1. The number of rotatable bonds is 6. The summed E-state index contributed by atoms with van der Waals surface area (Å²) >= 11 is 0. The van der Waals surface area contributed by atoms with Gasteiger partial charge in [0.1, 0.15) is 0 Å². The van der Waals surface area contributed by atoms with Gasteiger partial charge in [0.25, 0.3) is 0 Å². The summed E-state index contributed by atoms with van der Waals surface area (Å²) in [6.07, 6.45) is -0.133. The number of carboxylic acid groups (broad SMARTS) is 1. The van der Waals surface area contributed by atoms with Gasteiger partial charge in [0.2, 0.25) is 15.9 Å². The molecule has 0 atom stereocenters. The number of hydrogen-bond acceptors (Lipinski definition) is 4. The Labute approximate surface area is 104 Å². The zero-order valence-electron chi connectivity index (χ0n) is 9.29. The molecule has 8 heteroatoms. The molecule has 1 aromatic rings. The van der Waals surface area contributed by atoms with E-state index in [4.69, 9.17) is 10.8 Å². The van der Waals surface area contributed by atoms with Gasteiger partial charge in [-0.3, -0.25) is 14.3 Å². The highest BCUT2D eigenvalue weighted by molar-refractivity contribution is 7.93. The Bertz CT molecular complexity index is 567. The van der Waals surface area contributed by atoms with E-state index in [2.05, 4.69) is 4.72 Å². The molecule has 0 saturated heterocycles. The molecule has 1 amide bonds. The number of anilines is 1. The van der Waals surface area contributed by atoms with Crippen LogP contribution in [0.2, 0.25) is 0 Å². The highest BCUT2D eigenvalue weighted by Gasteiger charge is 2.17. The molecule has 0 spiro atoms. The van der Waals surface area contributed by atoms with Gasteiger partial charge in [-0.2, -0.15) is 0 Å². The summed E-state index contributed by atoms with van der Waals surface area (Å²) in [5, 5.41) is 8.45. The zero-order chi connectivity index (χ0) is 13.8. The third-order valence-electron chi connectivity index (χ3n) is 1.96. The Morgan fingerprint density at radius 2 is 1.89 bits per heavy atom. The second-order valence-corrected chi connectivity index (χ2v) is 5.28. The number of carbonyl (C=O) groups excluding carboxylic acids is 1. The maximum Gasteiger partial charge on any atom is 0.320 e. The molecule has 0 aliphatic heterocycles. The topological polar surface area (TPSA) is 127 Å². The minimum Gasteiger partial charge on any atom is -0.480 e. The molecule has 0 fully saturated rings. The average molecular weight is 272 g/mol.